The molecule has 110 valence electrons. The molecule has 0 saturated heterocycles. The summed E-state index contributed by atoms with van der Waals surface area (Å²) in [6.45, 7) is 0. The Morgan fingerprint density at radius 3 is 2.19 bits per heavy atom. The molecule has 0 saturated carbocycles. The third-order valence-electron chi connectivity index (χ3n) is 3.06. The number of hydrogen-bond acceptors (Lipinski definition) is 4. The van der Waals surface area contributed by atoms with Crippen LogP contribution in [0.1, 0.15) is 15.9 Å². The highest BCUT2D eigenvalue weighted by molar-refractivity contribution is 6.31. The van der Waals surface area contributed by atoms with E-state index in [0.29, 0.717) is 33.4 Å². The fourth-order valence-electron chi connectivity index (χ4n) is 1.99. The van der Waals surface area contributed by atoms with Crippen molar-refractivity contribution in [2.75, 3.05) is 21.3 Å². The van der Waals surface area contributed by atoms with Gasteiger partial charge < -0.3 is 14.2 Å². The van der Waals surface area contributed by atoms with Gasteiger partial charge in [-0.15, -0.1) is 0 Å². The Hall–Kier alpha value is -2.20. The van der Waals surface area contributed by atoms with Crippen molar-refractivity contribution in [2.24, 2.45) is 0 Å². The van der Waals surface area contributed by atoms with Crippen molar-refractivity contribution in [1.29, 1.82) is 0 Å². The number of benzene rings is 2. The van der Waals surface area contributed by atoms with Crippen molar-refractivity contribution in [3.05, 3.63) is 52.5 Å². The van der Waals surface area contributed by atoms with E-state index in [4.69, 9.17) is 25.8 Å². The number of ether oxygens (including phenoxy) is 3. The molecule has 0 aliphatic heterocycles. The first-order chi connectivity index (χ1) is 10.1. The zero-order chi connectivity index (χ0) is 15.4. The van der Waals surface area contributed by atoms with Crippen LogP contribution in [0.3, 0.4) is 0 Å². The first-order valence-electron chi connectivity index (χ1n) is 6.21. The molecule has 0 aliphatic rings. The summed E-state index contributed by atoms with van der Waals surface area (Å²) in [5.41, 5.74) is 0.811. The van der Waals surface area contributed by atoms with Crippen LogP contribution in [-0.2, 0) is 0 Å². The van der Waals surface area contributed by atoms with Gasteiger partial charge in [0.15, 0.2) is 0 Å². The molecular weight excluding hydrogens is 292 g/mol. The van der Waals surface area contributed by atoms with Crippen LogP contribution in [0.2, 0.25) is 5.02 Å². The predicted molar refractivity (Wildman–Crippen MR) is 81.0 cm³/mol. The third-order valence-corrected chi connectivity index (χ3v) is 3.29. The molecule has 0 aromatic heterocycles. The Labute approximate surface area is 128 Å². The zero-order valence-electron chi connectivity index (χ0n) is 12.0. The van der Waals surface area contributed by atoms with Gasteiger partial charge in [-0.25, -0.2) is 0 Å². The average molecular weight is 307 g/mol. The van der Waals surface area contributed by atoms with E-state index in [1.165, 1.54) is 14.2 Å². The molecule has 21 heavy (non-hydrogen) atoms. The minimum absolute atomic E-state index is 0.223. The molecule has 4 nitrogen and oxygen atoms in total. The lowest BCUT2D eigenvalue weighted by atomic mass is 10.0. The van der Waals surface area contributed by atoms with Gasteiger partial charge in [-0.3, -0.25) is 4.79 Å². The molecular formula is C16H15ClO4. The molecule has 2 rings (SSSR count). The molecule has 0 unspecified atom stereocenters. The lowest BCUT2D eigenvalue weighted by Gasteiger charge is -2.12. The Balaban J connectivity index is 2.53. The first kappa shape index (κ1) is 15.2. The van der Waals surface area contributed by atoms with Gasteiger partial charge in [0, 0.05) is 5.02 Å². The maximum Gasteiger partial charge on any atom is 0.200 e. The lowest BCUT2D eigenvalue weighted by molar-refractivity contribution is 0.103. The summed E-state index contributed by atoms with van der Waals surface area (Å²) in [5.74, 6) is 1.24. The number of carbonyl (C=O) groups is 1. The van der Waals surface area contributed by atoms with Crippen molar-refractivity contribution >= 4 is 17.4 Å². The van der Waals surface area contributed by atoms with E-state index < -0.39 is 0 Å². The SMILES string of the molecule is COc1ccc(OC)c(C(=O)c2ccc(Cl)cc2OC)c1. The molecule has 0 atom stereocenters. The van der Waals surface area contributed by atoms with E-state index in [-0.39, 0.29) is 5.78 Å². The van der Waals surface area contributed by atoms with Crippen LogP contribution in [-0.4, -0.2) is 27.1 Å². The number of rotatable bonds is 5. The average Bonchev–Trinajstić information content (AvgIpc) is 2.53. The van der Waals surface area contributed by atoms with Crippen molar-refractivity contribution < 1.29 is 19.0 Å². The van der Waals surface area contributed by atoms with Gasteiger partial charge in [-0.1, -0.05) is 11.6 Å². The van der Waals surface area contributed by atoms with Crippen LogP contribution >= 0.6 is 11.6 Å². The molecule has 0 spiro atoms. The minimum atomic E-state index is -0.223. The van der Waals surface area contributed by atoms with Gasteiger partial charge >= 0.3 is 0 Å². The molecule has 0 amide bonds. The van der Waals surface area contributed by atoms with Crippen LogP contribution in [0, 0.1) is 0 Å². The van der Waals surface area contributed by atoms with Crippen LogP contribution in [0.5, 0.6) is 17.2 Å². The van der Waals surface area contributed by atoms with Crippen molar-refractivity contribution in [2.45, 2.75) is 0 Å². The number of hydrogen-bond donors (Lipinski definition) is 0. The van der Waals surface area contributed by atoms with Crippen molar-refractivity contribution in [1.82, 2.24) is 0 Å². The van der Waals surface area contributed by atoms with Crippen molar-refractivity contribution in [3.63, 3.8) is 0 Å². The molecule has 0 bridgehead atoms. The minimum Gasteiger partial charge on any atom is -0.497 e. The summed E-state index contributed by atoms with van der Waals surface area (Å²) < 4.78 is 15.6. The fraction of sp³-hybridized carbons (Fsp3) is 0.188. The van der Waals surface area contributed by atoms with E-state index in [1.54, 1.807) is 43.5 Å². The number of methoxy groups -OCH3 is 3. The van der Waals surface area contributed by atoms with E-state index in [0.717, 1.165) is 0 Å². The van der Waals surface area contributed by atoms with Crippen molar-refractivity contribution in [3.8, 4) is 17.2 Å². The van der Waals surface area contributed by atoms with Gasteiger partial charge in [-0.2, -0.15) is 0 Å². The normalized spacial score (nSPS) is 10.1. The quantitative estimate of drug-likeness (QED) is 0.792. The zero-order valence-corrected chi connectivity index (χ0v) is 12.7. The summed E-state index contributed by atoms with van der Waals surface area (Å²) >= 11 is 5.92. The Morgan fingerprint density at radius 2 is 1.57 bits per heavy atom. The second kappa shape index (κ2) is 6.50. The highest BCUT2D eigenvalue weighted by atomic mass is 35.5. The van der Waals surface area contributed by atoms with Crippen LogP contribution < -0.4 is 14.2 Å². The van der Waals surface area contributed by atoms with Crippen LogP contribution in [0.15, 0.2) is 36.4 Å². The predicted octanol–water partition coefficient (Wildman–Crippen LogP) is 3.60. The molecule has 2 aromatic rings. The number of ketones is 1. The highest BCUT2D eigenvalue weighted by Gasteiger charge is 2.19. The van der Waals surface area contributed by atoms with E-state index >= 15 is 0 Å². The molecule has 5 heteroatoms. The first-order valence-corrected chi connectivity index (χ1v) is 6.58. The molecule has 0 heterocycles. The molecule has 0 radical (unpaired) electrons. The highest BCUT2D eigenvalue weighted by Crippen LogP contribution is 2.30. The summed E-state index contributed by atoms with van der Waals surface area (Å²) in [6.07, 6.45) is 0. The summed E-state index contributed by atoms with van der Waals surface area (Å²) in [7, 11) is 4.54. The van der Waals surface area contributed by atoms with Crippen LogP contribution in [0.4, 0.5) is 0 Å². The van der Waals surface area contributed by atoms with E-state index in [1.807, 2.05) is 0 Å². The third kappa shape index (κ3) is 3.11. The summed E-state index contributed by atoms with van der Waals surface area (Å²) in [6, 6.07) is 9.92. The summed E-state index contributed by atoms with van der Waals surface area (Å²) in [5, 5.41) is 0.501. The second-order valence-corrected chi connectivity index (χ2v) is 4.68. The standard InChI is InChI=1S/C16H15ClO4/c1-19-11-5-7-14(20-2)13(9-11)16(18)12-6-4-10(17)8-15(12)21-3/h4-9H,1-3H3. The number of carbonyl (C=O) groups excluding carboxylic acids is 1. The maximum atomic E-state index is 12.7. The largest absolute Gasteiger partial charge is 0.497 e. The smallest absolute Gasteiger partial charge is 0.200 e. The Kier molecular flexibility index (Phi) is 4.70. The van der Waals surface area contributed by atoms with Gasteiger partial charge in [-0.05, 0) is 36.4 Å². The molecule has 0 N–H and O–H groups in total. The Bertz CT molecular complexity index is 667. The van der Waals surface area contributed by atoms with E-state index in [9.17, 15) is 4.79 Å². The lowest BCUT2D eigenvalue weighted by Crippen LogP contribution is -2.06. The fourth-order valence-corrected chi connectivity index (χ4v) is 2.15. The Morgan fingerprint density at radius 1 is 0.857 bits per heavy atom. The summed E-state index contributed by atoms with van der Waals surface area (Å²) in [4.78, 5) is 12.7. The maximum absolute atomic E-state index is 12.7. The van der Waals surface area contributed by atoms with Gasteiger partial charge in [0.05, 0.1) is 32.5 Å². The molecule has 2 aromatic carbocycles. The van der Waals surface area contributed by atoms with Gasteiger partial charge in [0.25, 0.3) is 0 Å². The topological polar surface area (TPSA) is 44.8 Å². The van der Waals surface area contributed by atoms with Crippen LogP contribution in [0.25, 0.3) is 0 Å². The molecule has 0 fully saturated rings. The second-order valence-electron chi connectivity index (χ2n) is 4.24. The monoisotopic (exact) mass is 306 g/mol. The van der Waals surface area contributed by atoms with E-state index in [2.05, 4.69) is 0 Å². The van der Waals surface area contributed by atoms with Gasteiger partial charge in [0.2, 0.25) is 5.78 Å². The molecule has 0 aliphatic carbocycles. The van der Waals surface area contributed by atoms with Gasteiger partial charge in [0.1, 0.15) is 17.2 Å². The number of halogens is 1.